The summed E-state index contributed by atoms with van der Waals surface area (Å²) in [5, 5.41) is 3.40. The molecule has 0 aromatic rings. The first-order valence-electron chi connectivity index (χ1n) is 6.66. The van der Waals surface area contributed by atoms with Crippen molar-refractivity contribution in [1.82, 2.24) is 10.2 Å². The average Bonchev–Trinajstić information content (AvgIpc) is 2.68. The third kappa shape index (κ3) is 4.14. The fourth-order valence-corrected chi connectivity index (χ4v) is 3.14. The second-order valence-electron chi connectivity index (χ2n) is 5.74. The third-order valence-electron chi connectivity index (χ3n) is 3.80. The zero-order valence-corrected chi connectivity index (χ0v) is 11.8. The van der Waals surface area contributed by atoms with Crippen LogP contribution in [0.5, 0.6) is 0 Å². The molecule has 1 amide bonds. The lowest BCUT2D eigenvalue weighted by atomic mass is 9.91. The molecule has 0 radical (unpaired) electrons. The maximum absolute atomic E-state index is 12.1. The molecule has 4 heteroatoms. The van der Waals surface area contributed by atoms with E-state index in [2.05, 4.69) is 24.1 Å². The summed E-state index contributed by atoms with van der Waals surface area (Å²) in [6, 6.07) is 0.444. The number of halogens is 1. The van der Waals surface area contributed by atoms with E-state index in [1.807, 2.05) is 0 Å². The van der Waals surface area contributed by atoms with Gasteiger partial charge >= 0.3 is 0 Å². The zero-order valence-electron chi connectivity index (χ0n) is 10.9. The smallest absolute Gasteiger partial charge is 0.224 e. The first kappa shape index (κ1) is 14.8. The van der Waals surface area contributed by atoms with Crippen LogP contribution < -0.4 is 5.32 Å². The number of nitrogens with zero attached hydrogens (tertiary/aromatic N) is 1. The van der Waals surface area contributed by atoms with Crippen LogP contribution >= 0.6 is 12.4 Å². The fourth-order valence-electron chi connectivity index (χ4n) is 3.14. The van der Waals surface area contributed by atoms with Crippen LogP contribution in [0.2, 0.25) is 0 Å². The van der Waals surface area contributed by atoms with E-state index in [1.165, 1.54) is 19.3 Å². The van der Waals surface area contributed by atoms with Gasteiger partial charge in [0.05, 0.1) is 0 Å². The molecular formula is C13H25ClN2O. The largest absolute Gasteiger partial charge is 0.342 e. The van der Waals surface area contributed by atoms with E-state index in [4.69, 9.17) is 0 Å². The van der Waals surface area contributed by atoms with Crippen molar-refractivity contribution in [1.29, 1.82) is 0 Å². The van der Waals surface area contributed by atoms with Crippen LogP contribution in [0.3, 0.4) is 0 Å². The molecule has 100 valence electrons. The lowest BCUT2D eigenvalue weighted by Crippen LogP contribution is -2.44. The van der Waals surface area contributed by atoms with Gasteiger partial charge in [-0.05, 0) is 37.6 Å². The highest BCUT2D eigenvalue weighted by Gasteiger charge is 2.27. The molecule has 3 nitrogen and oxygen atoms in total. The van der Waals surface area contributed by atoms with Crippen molar-refractivity contribution >= 4 is 18.3 Å². The quantitative estimate of drug-likeness (QED) is 0.824. The molecule has 2 heterocycles. The monoisotopic (exact) mass is 260 g/mol. The molecule has 0 aromatic heterocycles. The fraction of sp³-hybridized carbons (Fsp3) is 0.923. The Balaban J connectivity index is 0.00000144. The van der Waals surface area contributed by atoms with Gasteiger partial charge < -0.3 is 10.2 Å². The maximum Gasteiger partial charge on any atom is 0.224 e. The van der Waals surface area contributed by atoms with Crippen LogP contribution in [0.25, 0.3) is 0 Å². The Hall–Kier alpha value is -0.280. The van der Waals surface area contributed by atoms with Gasteiger partial charge in [-0.3, -0.25) is 4.79 Å². The van der Waals surface area contributed by atoms with Gasteiger partial charge in [-0.1, -0.05) is 13.8 Å². The Morgan fingerprint density at radius 2 is 1.94 bits per heavy atom. The van der Waals surface area contributed by atoms with Crippen molar-refractivity contribution in [3.63, 3.8) is 0 Å². The predicted octanol–water partition coefficient (Wildman–Crippen LogP) is 2.05. The summed E-state index contributed by atoms with van der Waals surface area (Å²) in [7, 11) is 0. The summed E-state index contributed by atoms with van der Waals surface area (Å²) in [6.07, 6.45) is 4.38. The van der Waals surface area contributed by atoms with Crippen LogP contribution in [0.4, 0.5) is 0 Å². The summed E-state index contributed by atoms with van der Waals surface area (Å²) < 4.78 is 0. The lowest BCUT2D eigenvalue weighted by molar-refractivity contribution is -0.134. The molecule has 2 aliphatic rings. The average molecular weight is 261 g/mol. The van der Waals surface area contributed by atoms with E-state index in [9.17, 15) is 4.79 Å². The Labute approximate surface area is 111 Å². The lowest BCUT2D eigenvalue weighted by Gasteiger charge is -2.35. The minimum atomic E-state index is 0. The number of rotatable bonds is 2. The number of piperidine rings is 1. The number of carbonyl (C=O) groups is 1. The number of hydrogen-bond donors (Lipinski definition) is 1. The van der Waals surface area contributed by atoms with Gasteiger partial charge in [-0.15, -0.1) is 12.4 Å². The van der Waals surface area contributed by atoms with E-state index in [1.54, 1.807) is 0 Å². The zero-order chi connectivity index (χ0) is 11.5. The number of amides is 1. The van der Waals surface area contributed by atoms with Gasteiger partial charge in [0.15, 0.2) is 0 Å². The van der Waals surface area contributed by atoms with Crippen molar-refractivity contribution in [3.8, 4) is 0 Å². The third-order valence-corrected chi connectivity index (χ3v) is 3.80. The van der Waals surface area contributed by atoms with E-state index < -0.39 is 0 Å². The SMILES string of the molecule is CC1CC(C)CN(C(=O)CC2CCCN2)C1.Cl. The van der Waals surface area contributed by atoms with E-state index in [-0.39, 0.29) is 12.4 Å². The van der Waals surface area contributed by atoms with E-state index >= 15 is 0 Å². The van der Waals surface area contributed by atoms with Crippen LogP contribution in [-0.4, -0.2) is 36.5 Å². The minimum Gasteiger partial charge on any atom is -0.342 e. The minimum absolute atomic E-state index is 0. The van der Waals surface area contributed by atoms with Gasteiger partial charge in [0.25, 0.3) is 0 Å². The summed E-state index contributed by atoms with van der Waals surface area (Å²) in [6.45, 7) is 7.53. The van der Waals surface area contributed by atoms with Crippen LogP contribution in [0.1, 0.15) is 39.5 Å². The maximum atomic E-state index is 12.1. The van der Waals surface area contributed by atoms with Crippen molar-refractivity contribution in [2.75, 3.05) is 19.6 Å². The van der Waals surface area contributed by atoms with Gasteiger partial charge in [0.2, 0.25) is 5.91 Å². The Kier molecular flexibility index (Phi) is 5.74. The number of likely N-dealkylation sites (tertiary alicyclic amines) is 1. The molecule has 1 N–H and O–H groups in total. The molecule has 0 aromatic carbocycles. The van der Waals surface area contributed by atoms with Crippen LogP contribution in [-0.2, 0) is 4.79 Å². The molecule has 0 aliphatic carbocycles. The number of hydrogen-bond acceptors (Lipinski definition) is 2. The molecule has 3 unspecified atom stereocenters. The van der Waals surface area contributed by atoms with Crippen LogP contribution in [0.15, 0.2) is 0 Å². The van der Waals surface area contributed by atoms with Crippen molar-refractivity contribution < 1.29 is 4.79 Å². The first-order valence-corrected chi connectivity index (χ1v) is 6.66. The Morgan fingerprint density at radius 3 is 2.47 bits per heavy atom. The molecule has 2 fully saturated rings. The number of carbonyl (C=O) groups excluding carboxylic acids is 1. The topological polar surface area (TPSA) is 32.3 Å². The Bertz CT molecular complexity index is 244. The second kappa shape index (κ2) is 6.60. The second-order valence-corrected chi connectivity index (χ2v) is 5.74. The molecular weight excluding hydrogens is 236 g/mol. The highest BCUT2D eigenvalue weighted by molar-refractivity contribution is 5.85. The summed E-state index contributed by atoms with van der Waals surface area (Å²) >= 11 is 0. The summed E-state index contributed by atoms with van der Waals surface area (Å²) in [5.74, 6) is 1.70. The molecule has 17 heavy (non-hydrogen) atoms. The Morgan fingerprint density at radius 1 is 1.29 bits per heavy atom. The standard InChI is InChI=1S/C13H24N2O.ClH/c1-10-6-11(2)9-15(8-10)13(16)7-12-4-3-5-14-12;/h10-12,14H,3-9H2,1-2H3;1H. The van der Waals surface area contributed by atoms with E-state index in [0.29, 0.717) is 30.2 Å². The highest BCUT2D eigenvalue weighted by Crippen LogP contribution is 2.22. The number of nitrogens with one attached hydrogen (secondary N) is 1. The highest BCUT2D eigenvalue weighted by atomic mass is 35.5. The van der Waals surface area contributed by atoms with Crippen LogP contribution in [0, 0.1) is 11.8 Å². The van der Waals surface area contributed by atoms with Gasteiger partial charge in [0.1, 0.15) is 0 Å². The molecule has 2 saturated heterocycles. The van der Waals surface area contributed by atoms with Crippen molar-refractivity contribution in [3.05, 3.63) is 0 Å². The predicted molar refractivity (Wildman–Crippen MR) is 72.4 cm³/mol. The summed E-state index contributed by atoms with van der Waals surface area (Å²) in [5.41, 5.74) is 0. The molecule has 0 bridgehead atoms. The summed E-state index contributed by atoms with van der Waals surface area (Å²) in [4.78, 5) is 14.2. The van der Waals surface area contributed by atoms with Gasteiger partial charge in [-0.2, -0.15) is 0 Å². The molecule has 0 saturated carbocycles. The molecule has 3 atom stereocenters. The molecule has 0 spiro atoms. The molecule has 2 aliphatic heterocycles. The van der Waals surface area contributed by atoms with Crippen molar-refractivity contribution in [2.45, 2.75) is 45.6 Å². The van der Waals surface area contributed by atoms with Gasteiger partial charge in [0, 0.05) is 25.6 Å². The molecule has 2 rings (SSSR count). The van der Waals surface area contributed by atoms with Gasteiger partial charge in [-0.25, -0.2) is 0 Å². The van der Waals surface area contributed by atoms with Crippen molar-refractivity contribution in [2.24, 2.45) is 11.8 Å². The van der Waals surface area contributed by atoms with E-state index in [0.717, 1.165) is 19.6 Å². The normalized spacial score (nSPS) is 33.3. The first-order chi connectivity index (χ1) is 7.65.